The van der Waals surface area contributed by atoms with Gasteiger partial charge in [0.2, 0.25) is 5.95 Å². The highest BCUT2D eigenvalue weighted by Gasteiger charge is 2.37. The van der Waals surface area contributed by atoms with Crippen LogP contribution in [0.1, 0.15) is 92.4 Å². The third-order valence-corrected chi connectivity index (χ3v) is 9.15. The third kappa shape index (κ3) is 8.18. The fourth-order valence-corrected chi connectivity index (χ4v) is 6.20. The molecule has 2 atom stereocenters. The van der Waals surface area contributed by atoms with Gasteiger partial charge in [0.1, 0.15) is 29.5 Å². The monoisotopic (exact) mass is 661 g/mol. The lowest BCUT2D eigenvalue weighted by atomic mass is 9.91. The molecule has 2 aliphatic heterocycles. The van der Waals surface area contributed by atoms with Crippen LogP contribution in [0.3, 0.4) is 0 Å². The molecule has 3 aliphatic rings. The maximum Gasteiger partial charge on any atom is 0.410 e. The molecule has 13 heteroatoms. The largest absolute Gasteiger partial charge is 0.486 e. The molecule has 1 saturated carbocycles. The van der Waals surface area contributed by atoms with Crippen molar-refractivity contribution in [3.8, 4) is 5.75 Å². The number of ether oxygens (including phenoxy) is 2. The predicted octanol–water partition coefficient (Wildman–Crippen LogP) is 4.76. The van der Waals surface area contributed by atoms with Crippen LogP contribution >= 0.6 is 0 Å². The zero-order chi connectivity index (χ0) is 33.8. The van der Waals surface area contributed by atoms with Gasteiger partial charge in [-0.25, -0.2) is 14.8 Å². The summed E-state index contributed by atoms with van der Waals surface area (Å²) < 4.78 is 17.1. The molecule has 0 unspecified atom stereocenters. The van der Waals surface area contributed by atoms with Crippen molar-refractivity contribution in [2.75, 3.05) is 29.9 Å². The fraction of sp³-hybridized carbons (Fsp3) is 0.571. The van der Waals surface area contributed by atoms with E-state index in [1.165, 1.54) is 24.1 Å². The summed E-state index contributed by atoms with van der Waals surface area (Å²) in [6.07, 6.45) is 6.77. The van der Waals surface area contributed by atoms with Crippen LogP contribution in [-0.4, -0.2) is 80.4 Å². The van der Waals surface area contributed by atoms with Gasteiger partial charge in [0.15, 0.2) is 12.2 Å². The number of rotatable bonds is 10. The first-order valence-electron chi connectivity index (χ1n) is 17.0. The van der Waals surface area contributed by atoms with E-state index in [2.05, 4.69) is 25.5 Å². The van der Waals surface area contributed by atoms with Gasteiger partial charge in [-0.3, -0.25) is 9.69 Å². The van der Waals surface area contributed by atoms with Crippen LogP contribution < -0.4 is 20.3 Å². The van der Waals surface area contributed by atoms with Crippen molar-refractivity contribution < 1.29 is 28.6 Å². The molecule has 2 amide bonds. The number of carbonyl (C=O) groups excluding carboxylic acids is 2. The second-order valence-corrected chi connectivity index (χ2v) is 14.0. The van der Waals surface area contributed by atoms with Crippen molar-refractivity contribution in [1.82, 2.24) is 25.2 Å². The minimum atomic E-state index is -1.07. The van der Waals surface area contributed by atoms with Crippen molar-refractivity contribution in [3.63, 3.8) is 0 Å². The lowest BCUT2D eigenvalue weighted by Crippen LogP contribution is -2.54. The van der Waals surface area contributed by atoms with Crippen LogP contribution in [0.15, 0.2) is 35.1 Å². The fourth-order valence-electron chi connectivity index (χ4n) is 6.20. The molecule has 2 fully saturated rings. The number of nitrogens with zero attached hydrogens (tertiary/aromatic N) is 5. The molecular formula is C35H47N7O6. The topological polar surface area (TPSA) is 155 Å². The maximum atomic E-state index is 13.5. The molecule has 48 heavy (non-hydrogen) atoms. The van der Waals surface area contributed by atoms with Gasteiger partial charge in [0.25, 0.3) is 5.91 Å². The first kappa shape index (κ1) is 33.5. The number of fused-ring (bicyclic) bond motifs is 1. The number of aliphatic hydroxyl groups is 1. The lowest BCUT2D eigenvalue weighted by Gasteiger charge is -2.40. The molecule has 1 aromatic carbocycles. The molecule has 4 heterocycles. The Kier molecular flexibility index (Phi) is 10.0. The Labute approximate surface area is 281 Å². The zero-order valence-corrected chi connectivity index (χ0v) is 28.3. The number of anilines is 2. The average Bonchev–Trinajstić information content (AvgIpc) is 3.47. The molecule has 1 saturated heterocycles. The number of nitrogens with one attached hydrogen (secondary N) is 2. The second kappa shape index (κ2) is 14.4. The predicted molar refractivity (Wildman–Crippen MR) is 179 cm³/mol. The molecule has 1 aliphatic carbocycles. The number of oxazole rings is 1. The Balaban J connectivity index is 1.16. The molecule has 3 N–H and O–H groups in total. The Hall–Kier alpha value is -4.39. The highest BCUT2D eigenvalue weighted by molar-refractivity contribution is 5.93. The van der Waals surface area contributed by atoms with Crippen molar-refractivity contribution in [3.05, 3.63) is 58.9 Å². The summed E-state index contributed by atoms with van der Waals surface area (Å²) in [6.45, 7) is 9.33. The van der Waals surface area contributed by atoms with Crippen molar-refractivity contribution in [2.24, 2.45) is 0 Å². The van der Waals surface area contributed by atoms with Crippen molar-refractivity contribution >= 4 is 23.8 Å². The number of aryl methyl sites for hydroxylation is 1. The molecular weight excluding hydrogens is 614 g/mol. The number of hydrogen-bond donors (Lipinski definition) is 3. The van der Waals surface area contributed by atoms with Gasteiger partial charge in [0, 0.05) is 38.3 Å². The number of benzene rings is 1. The van der Waals surface area contributed by atoms with Crippen LogP contribution in [0.4, 0.5) is 16.6 Å². The summed E-state index contributed by atoms with van der Waals surface area (Å²) in [6, 6.07) is 7.10. The number of aromatic nitrogens is 3. The van der Waals surface area contributed by atoms with E-state index in [9.17, 15) is 14.7 Å². The van der Waals surface area contributed by atoms with Crippen LogP contribution in [0.2, 0.25) is 0 Å². The van der Waals surface area contributed by atoms with E-state index in [1.54, 1.807) is 26.8 Å². The Morgan fingerprint density at radius 1 is 1.08 bits per heavy atom. The Morgan fingerprint density at radius 3 is 2.56 bits per heavy atom. The number of piperidine rings is 1. The van der Waals surface area contributed by atoms with Crippen LogP contribution in [-0.2, 0) is 24.3 Å². The normalized spacial score (nSPS) is 18.8. The van der Waals surface area contributed by atoms with E-state index in [4.69, 9.17) is 18.9 Å². The molecule has 0 radical (unpaired) electrons. The van der Waals surface area contributed by atoms with Gasteiger partial charge >= 0.3 is 6.09 Å². The molecule has 0 bridgehead atoms. The third-order valence-electron chi connectivity index (χ3n) is 9.15. The molecule has 6 rings (SSSR count). The van der Waals surface area contributed by atoms with Gasteiger partial charge in [-0.05, 0) is 95.9 Å². The van der Waals surface area contributed by atoms with Crippen molar-refractivity contribution in [1.29, 1.82) is 0 Å². The van der Waals surface area contributed by atoms with Crippen LogP contribution in [0, 0.1) is 6.92 Å². The van der Waals surface area contributed by atoms with Crippen molar-refractivity contribution in [2.45, 2.75) is 110 Å². The highest BCUT2D eigenvalue weighted by Crippen LogP contribution is 2.31. The average molecular weight is 662 g/mol. The van der Waals surface area contributed by atoms with E-state index < -0.39 is 29.7 Å². The Bertz CT molecular complexity index is 1590. The quantitative estimate of drug-likeness (QED) is 0.275. The smallest absolute Gasteiger partial charge is 0.410 e. The first-order chi connectivity index (χ1) is 23.0. The number of carbonyl (C=O) groups is 2. The summed E-state index contributed by atoms with van der Waals surface area (Å²) in [5.41, 5.74) is 2.14. The van der Waals surface area contributed by atoms with E-state index in [0.29, 0.717) is 35.7 Å². The second-order valence-electron chi connectivity index (χ2n) is 14.0. The zero-order valence-electron chi connectivity index (χ0n) is 28.3. The lowest BCUT2D eigenvalue weighted by molar-refractivity contribution is -0.0113. The number of aliphatic hydroxyl groups excluding tert-OH is 1. The summed E-state index contributed by atoms with van der Waals surface area (Å²) in [5, 5.41) is 17.8. The highest BCUT2D eigenvalue weighted by atomic mass is 16.6. The van der Waals surface area contributed by atoms with E-state index >= 15 is 0 Å². The molecule has 3 aromatic rings. The van der Waals surface area contributed by atoms with Crippen LogP contribution in [0.25, 0.3) is 0 Å². The number of hydrogen-bond acceptors (Lipinski definition) is 11. The van der Waals surface area contributed by atoms with E-state index in [-0.39, 0.29) is 25.4 Å². The molecule has 2 aromatic heterocycles. The van der Waals surface area contributed by atoms with Gasteiger partial charge in [-0.2, -0.15) is 4.98 Å². The maximum absolute atomic E-state index is 13.5. The molecule has 0 spiro atoms. The number of amides is 2. The van der Waals surface area contributed by atoms with E-state index in [1.807, 2.05) is 25.1 Å². The minimum Gasteiger partial charge on any atom is -0.486 e. The molecule has 258 valence electrons. The minimum absolute atomic E-state index is 0.0791. The SMILES string of the molecule is Cc1ncoc1COc1ccc2c(c1)CN(C(=O)OC(C)(C)C)[C@H]([C@H](O)CNC(=O)c1cc(NC3CCC3)nc(N3CCCCC3)n1)C2. The summed E-state index contributed by atoms with van der Waals surface area (Å²) in [7, 11) is 0. The first-order valence-corrected chi connectivity index (χ1v) is 17.0. The van der Waals surface area contributed by atoms with Gasteiger partial charge in [0.05, 0.1) is 17.8 Å². The van der Waals surface area contributed by atoms with Crippen LogP contribution in [0.5, 0.6) is 5.75 Å². The Morgan fingerprint density at radius 2 is 1.88 bits per heavy atom. The van der Waals surface area contributed by atoms with Gasteiger partial charge in [-0.1, -0.05) is 6.07 Å². The molecule has 13 nitrogen and oxygen atoms in total. The van der Waals surface area contributed by atoms with Gasteiger partial charge < -0.3 is 34.5 Å². The summed E-state index contributed by atoms with van der Waals surface area (Å²) in [4.78, 5) is 44.1. The standard InChI is InChI=1S/C35H47N7O6/c1-22-30(47-21-37-22)20-46-26-12-11-23-16-28(42(19-24(23)15-26)34(45)48-35(2,3)4)29(43)18-36-32(44)27-17-31(38-25-9-8-10-25)40-33(39-27)41-13-6-5-7-14-41/h11-12,15,17,21,25,28-29,43H,5-10,13-14,16,18-20H2,1-4H3,(H,36,44)(H,38,39,40)/t28-,29+/m0/s1. The van der Waals surface area contributed by atoms with E-state index in [0.717, 1.165) is 55.6 Å². The summed E-state index contributed by atoms with van der Waals surface area (Å²) in [5.74, 6) is 2.04. The summed E-state index contributed by atoms with van der Waals surface area (Å²) >= 11 is 0. The van der Waals surface area contributed by atoms with Gasteiger partial charge in [-0.15, -0.1) is 0 Å².